The van der Waals surface area contributed by atoms with Crippen LogP contribution in [0.25, 0.3) is 11.1 Å². The molecule has 31 heavy (non-hydrogen) atoms. The van der Waals surface area contributed by atoms with Gasteiger partial charge in [0.05, 0.1) is 0 Å². The number of benzene rings is 3. The molecule has 0 aromatic heterocycles. The van der Waals surface area contributed by atoms with E-state index in [1.54, 1.807) is 11.9 Å². The normalized spacial score (nSPS) is 15.2. The fourth-order valence-electron chi connectivity index (χ4n) is 3.40. The SMILES string of the molecule is Brc1ccc(Br)c(SNCc2ccccc2-c2ccccc2)c1.C[C@H]1CCCN1C#N. The van der Waals surface area contributed by atoms with Crippen LogP contribution >= 0.6 is 43.8 Å². The van der Waals surface area contributed by atoms with Gasteiger partial charge in [-0.3, -0.25) is 4.72 Å². The van der Waals surface area contributed by atoms with E-state index in [9.17, 15) is 0 Å². The second-order valence-electron chi connectivity index (χ2n) is 7.31. The van der Waals surface area contributed by atoms with Crippen LogP contribution in [-0.4, -0.2) is 17.5 Å². The molecule has 1 N–H and O–H groups in total. The van der Waals surface area contributed by atoms with Gasteiger partial charge in [-0.25, -0.2) is 0 Å². The van der Waals surface area contributed by atoms with Gasteiger partial charge < -0.3 is 4.90 Å². The second-order valence-corrected chi connectivity index (χ2v) is 10.0. The lowest BCUT2D eigenvalue weighted by Gasteiger charge is -2.11. The molecule has 6 heteroatoms. The van der Waals surface area contributed by atoms with Gasteiger partial charge in [-0.15, -0.1) is 0 Å². The summed E-state index contributed by atoms with van der Waals surface area (Å²) in [6.07, 6.45) is 4.52. The second kappa shape index (κ2) is 12.3. The maximum absolute atomic E-state index is 8.41. The maximum Gasteiger partial charge on any atom is 0.179 e. The molecule has 0 bridgehead atoms. The summed E-state index contributed by atoms with van der Waals surface area (Å²) >= 11 is 8.73. The van der Waals surface area contributed by atoms with Crippen molar-refractivity contribution in [2.45, 2.75) is 37.2 Å². The summed E-state index contributed by atoms with van der Waals surface area (Å²) in [5, 5.41) is 8.41. The van der Waals surface area contributed by atoms with E-state index in [2.05, 4.69) is 104 Å². The number of rotatable bonds is 5. The number of hydrogen-bond donors (Lipinski definition) is 1. The van der Waals surface area contributed by atoms with Crippen molar-refractivity contribution >= 4 is 43.8 Å². The van der Waals surface area contributed by atoms with Gasteiger partial charge in [0.15, 0.2) is 6.19 Å². The minimum absolute atomic E-state index is 0.500. The van der Waals surface area contributed by atoms with Gasteiger partial charge in [-0.2, -0.15) is 5.26 Å². The molecule has 0 unspecified atom stereocenters. The van der Waals surface area contributed by atoms with Gasteiger partial charge in [0.25, 0.3) is 0 Å². The Balaban J connectivity index is 0.000000287. The van der Waals surface area contributed by atoms with Crippen LogP contribution in [0, 0.1) is 11.5 Å². The Hall–Kier alpha value is -1.78. The molecule has 1 heterocycles. The summed E-state index contributed by atoms with van der Waals surface area (Å²) in [4.78, 5) is 3.00. The van der Waals surface area contributed by atoms with Crippen molar-refractivity contribution < 1.29 is 0 Å². The zero-order valence-corrected chi connectivity index (χ0v) is 21.4. The molecule has 1 aliphatic rings. The smallest absolute Gasteiger partial charge is 0.179 e. The van der Waals surface area contributed by atoms with Crippen LogP contribution in [0.3, 0.4) is 0 Å². The molecule has 0 aliphatic carbocycles. The third kappa shape index (κ3) is 7.11. The molecule has 0 spiro atoms. The highest BCUT2D eigenvalue weighted by molar-refractivity contribution is 9.11. The van der Waals surface area contributed by atoms with Gasteiger partial charge in [-0.1, -0.05) is 70.5 Å². The highest BCUT2D eigenvalue weighted by Crippen LogP contribution is 2.30. The third-order valence-electron chi connectivity index (χ3n) is 5.12. The van der Waals surface area contributed by atoms with E-state index in [1.807, 2.05) is 23.1 Å². The van der Waals surface area contributed by atoms with E-state index in [4.69, 9.17) is 5.26 Å². The van der Waals surface area contributed by atoms with E-state index < -0.39 is 0 Å². The van der Waals surface area contributed by atoms with E-state index in [1.165, 1.54) is 29.5 Å². The summed E-state index contributed by atoms with van der Waals surface area (Å²) in [7, 11) is 0. The average molecular weight is 559 g/mol. The van der Waals surface area contributed by atoms with E-state index in [0.717, 1.165) is 26.9 Å². The van der Waals surface area contributed by atoms with Gasteiger partial charge in [0.1, 0.15) is 0 Å². The van der Waals surface area contributed by atoms with Crippen LogP contribution in [0.5, 0.6) is 0 Å². The molecule has 0 saturated carbocycles. The number of nitriles is 1. The molecule has 160 valence electrons. The van der Waals surface area contributed by atoms with Crippen molar-refractivity contribution in [3.8, 4) is 17.3 Å². The van der Waals surface area contributed by atoms with Crippen molar-refractivity contribution in [3.63, 3.8) is 0 Å². The number of nitrogens with one attached hydrogen (secondary N) is 1. The van der Waals surface area contributed by atoms with Crippen molar-refractivity contribution in [1.82, 2.24) is 9.62 Å². The molecule has 3 aromatic carbocycles. The zero-order valence-electron chi connectivity index (χ0n) is 17.4. The lowest BCUT2D eigenvalue weighted by atomic mass is 10.00. The van der Waals surface area contributed by atoms with Crippen molar-refractivity contribution in [3.05, 3.63) is 87.3 Å². The summed E-state index contributed by atoms with van der Waals surface area (Å²) in [6, 6.07) is 25.7. The van der Waals surface area contributed by atoms with Crippen LogP contribution in [0.15, 0.2) is 86.6 Å². The Morgan fingerprint density at radius 3 is 2.48 bits per heavy atom. The number of likely N-dealkylation sites (tertiary alicyclic amines) is 1. The van der Waals surface area contributed by atoms with Gasteiger partial charge in [0.2, 0.25) is 0 Å². The van der Waals surface area contributed by atoms with Crippen LogP contribution < -0.4 is 4.72 Å². The number of hydrogen-bond acceptors (Lipinski definition) is 4. The van der Waals surface area contributed by atoms with Crippen molar-refractivity contribution in [2.75, 3.05) is 6.54 Å². The fourth-order valence-corrected chi connectivity index (χ4v) is 5.14. The molecule has 1 aliphatic heterocycles. The predicted octanol–water partition coefficient (Wildman–Crippen LogP) is 7.63. The Morgan fingerprint density at radius 2 is 1.81 bits per heavy atom. The number of halogens is 2. The highest BCUT2D eigenvalue weighted by atomic mass is 79.9. The summed E-state index contributed by atoms with van der Waals surface area (Å²) in [5.74, 6) is 0. The largest absolute Gasteiger partial charge is 0.308 e. The molecule has 1 fully saturated rings. The molecule has 1 atom stereocenters. The third-order valence-corrected chi connectivity index (χ3v) is 7.42. The Kier molecular flexibility index (Phi) is 9.48. The summed E-state index contributed by atoms with van der Waals surface area (Å²) in [5.41, 5.74) is 3.81. The Morgan fingerprint density at radius 1 is 1.06 bits per heavy atom. The first kappa shape index (κ1) is 23.9. The van der Waals surface area contributed by atoms with Crippen LogP contribution in [-0.2, 0) is 6.54 Å². The average Bonchev–Trinajstić information content (AvgIpc) is 3.22. The minimum Gasteiger partial charge on any atom is -0.308 e. The molecule has 1 saturated heterocycles. The van der Waals surface area contributed by atoms with Crippen molar-refractivity contribution in [2.24, 2.45) is 0 Å². The molecule has 0 amide bonds. The standard InChI is InChI=1S/C19H15Br2NS.C6H10N2/c20-16-10-11-18(21)19(12-16)23-22-13-15-8-4-5-9-17(15)14-6-2-1-3-7-14;1-6-3-2-4-8(6)5-7/h1-12,22H,13H2;6H,2-4H2,1H3/t;6-/m.0/s1. The minimum atomic E-state index is 0.500. The van der Waals surface area contributed by atoms with Gasteiger partial charge >= 0.3 is 0 Å². The number of nitrogens with zero attached hydrogens (tertiary/aromatic N) is 2. The zero-order chi connectivity index (χ0) is 22.1. The van der Waals surface area contributed by atoms with Crippen LogP contribution in [0.2, 0.25) is 0 Å². The quantitative estimate of drug-likeness (QED) is 0.258. The highest BCUT2D eigenvalue weighted by Gasteiger charge is 2.17. The molecule has 0 radical (unpaired) electrons. The molecule has 3 nitrogen and oxygen atoms in total. The lowest BCUT2D eigenvalue weighted by molar-refractivity contribution is 0.388. The predicted molar refractivity (Wildman–Crippen MR) is 137 cm³/mol. The summed E-state index contributed by atoms with van der Waals surface area (Å²) < 4.78 is 5.63. The first-order valence-electron chi connectivity index (χ1n) is 10.2. The Bertz CT molecular complexity index is 1020. The van der Waals surface area contributed by atoms with E-state index in [0.29, 0.717) is 6.04 Å². The first-order chi connectivity index (χ1) is 15.1. The van der Waals surface area contributed by atoms with E-state index >= 15 is 0 Å². The topological polar surface area (TPSA) is 39.1 Å². The first-order valence-corrected chi connectivity index (χ1v) is 12.6. The Labute approximate surface area is 206 Å². The maximum atomic E-state index is 8.41. The van der Waals surface area contributed by atoms with E-state index in [-0.39, 0.29) is 0 Å². The van der Waals surface area contributed by atoms with Gasteiger partial charge in [-0.05, 0) is 82.5 Å². The fraction of sp³-hybridized carbons (Fsp3) is 0.240. The molecular weight excluding hydrogens is 534 g/mol. The lowest BCUT2D eigenvalue weighted by Crippen LogP contribution is -2.20. The van der Waals surface area contributed by atoms with Gasteiger partial charge in [0, 0.05) is 33.0 Å². The molecule has 4 rings (SSSR count). The molecule has 3 aromatic rings. The monoisotopic (exact) mass is 557 g/mol. The van der Waals surface area contributed by atoms with Crippen LogP contribution in [0.4, 0.5) is 0 Å². The van der Waals surface area contributed by atoms with Crippen molar-refractivity contribution in [1.29, 1.82) is 5.26 Å². The van der Waals surface area contributed by atoms with Crippen LogP contribution in [0.1, 0.15) is 25.3 Å². The molecular formula is C25H25Br2N3S. The summed E-state index contributed by atoms with van der Waals surface area (Å²) in [6.45, 7) is 3.86.